The molecule has 0 aliphatic carbocycles. The topological polar surface area (TPSA) is 76.0 Å². The highest BCUT2D eigenvalue weighted by Crippen LogP contribution is 2.28. The molecule has 6 heteroatoms. The van der Waals surface area contributed by atoms with Gasteiger partial charge in [-0.15, -0.1) is 0 Å². The van der Waals surface area contributed by atoms with E-state index in [1.165, 1.54) is 36.8 Å². The minimum atomic E-state index is -4.27. The van der Waals surface area contributed by atoms with Gasteiger partial charge in [0.05, 0.1) is 6.10 Å². The fraction of sp³-hybridized carbons (Fsp3) is 0.667. The molecular formula is C21H35NO4S. The third kappa shape index (κ3) is 10.0. The largest absolute Gasteiger partial charge is 0.397 e. The Kier molecular flexibility index (Phi) is 10.2. The van der Waals surface area contributed by atoms with E-state index in [-0.39, 0.29) is 5.41 Å². The van der Waals surface area contributed by atoms with Gasteiger partial charge in [-0.2, -0.15) is 8.42 Å². The van der Waals surface area contributed by atoms with Crippen LogP contribution >= 0.6 is 0 Å². The standard InChI is InChI=1S/C11H13N.C10H22O4S/c1-11(2)8-12-7-9-5-3-4-6-10(9)11;1-3-4-5-6-7-8-9-10(2)14-15(11,12)13/h3-7H,8H2,1-2H3;10H,3-9H2,1-2H3,(H,11,12,13). The zero-order valence-electron chi connectivity index (χ0n) is 17.1. The van der Waals surface area contributed by atoms with Crippen molar-refractivity contribution in [2.45, 2.75) is 84.2 Å². The maximum absolute atomic E-state index is 10.3. The number of nitrogens with zero attached hydrogens (tertiary/aromatic N) is 1. The molecule has 0 saturated heterocycles. The van der Waals surface area contributed by atoms with Crippen LogP contribution in [0.3, 0.4) is 0 Å². The van der Waals surface area contributed by atoms with Crippen LogP contribution in [-0.2, 0) is 20.0 Å². The summed E-state index contributed by atoms with van der Waals surface area (Å²) in [5.41, 5.74) is 2.90. The van der Waals surface area contributed by atoms with E-state index in [9.17, 15) is 8.42 Å². The Labute approximate surface area is 165 Å². The Morgan fingerprint density at radius 1 is 1.15 bits per heavy atom. The van der Waals surface area contributed by atoms with Crippen molar-refractivity contribution in [2.75, 3.05) is 6.54 Å². The van der Waals surface area contributed by atoms with Gasteiger partial charge in [0, 0.05) is 18.2 Å². The summed E-state index contributed by atoms with van der Waals surface area (Å²) in [4.78, 5) is 4.35. The summed E-state index contributed by atoms with van der Waals surface area (Å²) in [5.74, 6) is 0. The highest BCUT2D eigenvalue weighted by molar-refractivity contribution is 7.80. The lowest BCUT2D eigenvalue weighted by atomic mass is 9.80. The Morgan fingerprint density at radius 2 is 1.78 bits per heavy atom. The van der Waals surface area contributed by atoms with Crippen LogP contribution in [0.5, 0.6) is 0 Å². The smallest absolute Gasteiger partial charge is 0.292 e. The van der Waals surface area contributed by atoms with Crippen molar-refractivity contribution in [1.82, 2.24) is 0 Å². The van der Waals surface area contributed by atoms with E-state index in [0.717, 1.165) is 19.4 Å². The summed E-state index contributed by atoms with van der Waals surface area (Å²) in [6, 6.07) is 8.48. The second-order valence-electron chi connectivity index (χ2n) is 7.83. The lowest BCUT2D eigenvalue weighted by molar-refractivity contribution is 0.185. The molecule has 0 spiro atoms. The predicted molar refractivity (Wildman–Crippen MR) is 112 cm³/mol. The molecule has 0 bridgehead atoms. The number of hydrogen-bond donors (Lipinski definition) is 1. The number of rotatable bonds is 9. The first kappa shape index (κ1) is 23.8. The summed E-state index contributed by atoms with van der Waals surface area (Å²) in [6.45, 7) is 9.20. The first-order valence-electron chi connectivity index (χ1n) is 9.90. The molecule has 2 rings (SSSR count). The Balaban J connectivity index is 0.000000274. The van der Waals surface area contributed by atoms with Gasteiger partial charge in [-0.3, -0.25) is 9.55 Å². The van der Waals surface area contributed by atoms with Crippen LogP contribution in [0.2, 0.25) is 0 Å². The van der Waals surface area contributed by atoms with Gasteiger partial charge in [0.1, 0.15) is 0 Å². The highest BCUT2D eigenvalue weighted by Gasteiger charge is 2.24. The average molecular weight is 398 g/mol. The maximum atomic E-state index is 10.3. The summed E-state index contributed by atoms with van der Waals surface area (Å²) in [5, 5.41) is 0. The van der Waals surface area contributed by atoms with Gasteiger partial charge >= 0.3 is 10.4 Å². The van der Waals surface area contributed by atoms with Gasteiger partial charge in [0.15, 0.2) is 0 Å². The number of aliphatic imine (C=N–C) groups is 1. The van der Waals surface area contributed by atoms with Crippen LogP contribution in [0.1, 0.15) is 83.8 Å². The maximum Gasteiger partial charge on any atom is 0.397 e. The minimum Gasteiger partial charge on any atom is -0.292 e. The molecule has 1 aromatic carbocycles. The summed E-state index contributed by atoms with van der Waals surface area (Å²) in [6.07, 6.45) is 9.17. The zero-order chi connectivity index (χ0) is 20.3. The normalized spacial score (nSPS) is 16.2. The fourth-order valence-corrected chi connectivity index (χ4v) is 3.66. The molecule has 1 unspecified atom stereocenters. The average Bonchev–Trinajstić information content (AvgIpc) is 2.57. The van der Waals surface area contributed by atoms with E-state index < -0.39 is 16.5 Å². The third-order valence-electron chi connectivity index (χ3n) is 4.66. The fourth-order valence-electron chi connectivity index (χ4n) is 3.15. The van der Waals surface area contributed by atoms with Crippen molar-refractivity contribution in [2.24, 2.45) is 4.99 Å². The van der Waals surface area contributed by atoms with Crippen molar-refractivity contribution in [1.29, 1.82) is 0 Å². The molecule has 27 heavy (non-hydrogen) atoms. The van der Waals surface area contributed by atoms with Crippen molar-refractivity contribution < 1.29 is 17.2 Å². The van der Waals surface area contributed by atoms with Gasteiger partial charge in [0.2, 0.25) is 0 Å². The minimum absolute atomic E-state index is 0.214. The lowest BCUT2D eigenvalue weighted by Gasteiger charge is -2.27. The quantitative estimate of drug-likeness (QED) is 0.451. The van der Waals surface area contributed by atoms with E-state index >= 15 is 0 Å². The molecule has 1 aromatic rings. The molecule has 0 aromatic heterocycles. The predicted octanol–water partition coefficient (Wildman–Crippen LogP) is 5.34. The SMILES string of the molecule is CC1(C)CN=Cc2ccccc21.CCCCCCCCC(C)OS(=O)(=O)O. The Hall–Kier alpha value is -1.24. The number of unbranched alkanes of at least 4 members (excludes halogenated alkanes) is 5. The van der Waals surface area contributed by atoms with Crippen molar-refractivity contribution in [3.05, 3.63) is 35.4 Å². The van der Waals surface area contributed by atoms with Crippen LogP contribution in [0.15, 0.2) is 29.3 Å². The molecule has 1 aliphatic rings. The van der Waals surface area contributed by atoms with Crippen molar-refractivity contribution in [3.63, 3.8) is 0 Å². The Bertz CT molecular complexity index is 683. The van der Waals surface area contributed by atoms with Crippen molar-refractivity contribution >= 4 is 16.6 Å². The first-order chi connectivity index (χ1) is 12.7. The molecule has 1 atom stereocenters. The van der Waals surface area contributed by atoms with Crippen LogP contribution in [-0.4, -0.2) is 31.8 Å². The molecule has 154 valence electrons. The van der Waals surface area contributed by atoms with E-state index in [1.807, 2.05) is 6.21 Å². The molecule has 1 heterocycles. The number of hydrogen-bond acceptors (Lipinski definition) is 4. The van der Waals surface area contributed by atoms with E-state index in [1.54, 1.807) is 6.92 Å². The van der Waals surface area contributed by atoms with Crippen LogP contribution in [0.25, 0.3) is 0 Å². The van der Waals surface area contributed by atoms with Crippen molar-refractivity contribution in [3.8, 4) is 0 Å². The molecule has 0 radical (unpaired) electrons. The second-order valence-corrected chi connectivity index (χ2v) is 8.88. The number of fused-ring (bicyclic) bond motifs is 1. The molecule has 1 aliphatic heterocycles. The monoisotopic (exact) mass is 397 g/mol. The summed E-state index contributed by atoms with van der Waals surface area (Å²) >= 11 is 0. The van der Waals surface area contributed by atoms with Crippen LogP contribution in [0.4, 0.5) is 0 Å². The molecular weight excluding hydrogens is 362 g/mol. The summed E-state index contributed by atoms with van der Waals surface area (Å²) in [7, 11) is -4.27. The highest BCUT2D eigenvalue weighted by atomic mass is 32.3. The molecule has 0 fully saturated rings. The zero-order valence-corrected chi connectivity index (χ0v) is 18.0. The second kappa shape index (κ2) is 11.6. The van der Waals surface area contributed by atoms with Crippen LogP contribution < -0.4 is 0 Å². The van der Waals surface area contributed by atoms with Gasteiger partial charge in [-0.25, -0.2) is 4.18 Å². The van der Waals surface area contributed by atoms with E-state index in [4.69, 9.17) is 4.55 Å². The third-order valence-corrected chi connectivity index (χ3v) is 5.23. The van der Waals surface area contributed by atoms with Gasteiger partial charge in [-0.1, -0.05) is 83.6 Å². The summed E-state index contributed by atoms with van der Waals surface area (Å²) < 4.78 is 33.5. The van der Waals surface area contributed by atoms with E-state index in [0.29, 0.717) is 6.42 Å². The molecule has 5 nitrogen and oxygen atoms in total. The number of benzene rings is 1. The van der Waals surface area contributed by atoms with E-state index in [2.05, 4.69) is 54.2 Å². The molecule has 0 saturated carbocycles. The lowest BCUT2D eigenvalue weighted by Crippen LogP contribution is -2.26. The molecule has 1 N–H and O–H groups in total. The van der Waals surface area contributed by atoms with Gasteiger partial charge in [0.25, 0.3) is 0 Å². The van der Waals surface area contributed by atoms with Gasteiger partial charge in [-0.05, 0) is 24.5 Å². The van der Waals surface area contributed by atoms with Gasteiger partial charge < -0.3 is 0 Å². The first-order valence-corrected chi connectivity index (χ1v) is 11.3. The molecule has 0 amide bonds. The van der Waals surface area contributed by atoms with Crippen LogP contribution in [0, 0.1) is 0 Å². The Morgan fingerprint density at radius 3 is 2.41 bits per heavy atom.